The first-order chi connectivity index (χ1) is 12.5. The Morgan fingerprint density at radius 3 is 2.31 bits per heavy atom. The lowest BCUT2D eigenvalue weighted by molar-refractivity contribution is 0.383. The van der Waals surface area contributed by atoms with Crippen LogP contribution in [0.25, 0.3) is 0 Å². The molecule has 0 unspecified atom stereocenters. The molecule has 1 aliphatic heterocycles. The van der Waals surface area contributed by atoms with Crippen LogP contribution in [0.3, 0.4) is 0 Å². The molecule has 0 amide bonds. The third kappa shape index (κ3) is 3.33. The first-order valence-electron chi connectivity index (χ1n) is 9.21. The highest BCUT2D eigenvalue weighted by atomic mass is 32.2. The van der Waals surface area contributed by atoms with Gasteiger partial charge in [0.2, 0.25) is 10.0 Å². The largest absolute Gasteiger partial charge is 0.352 e. The van der Waals surface area contributed by atoms with Gasteiger partial charge in [-0.25, -0.2) is 8.42 Å². The van der Waals surface area contributed by atoms with Crippen molar-refractivity contribution >= 4 is 15.8 Å². The van der Waals surface area contributed by atoms with Crippen LogP contribution in [0.2, 0.25) is 0 Å². The number of anilines is 1. The van der Waals surface area contributed by atoms with E-state index in [-0.39, 0.29) is 0 Å². The van der Waals surface area contributed by atoms with Gasteiger partial charge in [0, 0.05) is 26.2 Å². The van der Waals surface area contributed by atoms with Gasteiger partial charge in [0.15, 0.2) is 5.82 Å². The molecule has 1 aromatic carbocycles. The number of rotatable bonds is 3. The zero-order chi connectivity index (χ0) is 18.1. The van der Waals surface area contributed by atoms with Gasteiger partial charge in [0.25, 0.3) is 0 Å². The molecule has 138 valence electrons. The normalized spacial score (nSPS) is 18.6. The number of benzene rings is 1. The maximum Gasteiger partial charge on any atom is 0.243 e. The summed E-state index contributed by atoms with van der Waals surface area (Å²) in [4.78, 5) is 2.52. The Kier molecular flexibility index (Phi) is 4.67. The summed E-state index contributed by atoms with van der Waals surface area (Å²) < 4.78 is 27.7. The van der Waals surface area contributed by atoms with Gasteiger partial charge in [-0.3, -0.25) is 0 Å². The summed E-state index contributed by atoms with van der Waals surface area (Å²) in [5.74, 6) is 0.807. The SMILES string of the molecule is Cc1ccc(N2CCN(S(=O)(=O)c3ccc4c(c3)CCCC4)CC2)nn1. The van der Waals surface area contributed by atoms with Crippen molar-refractivity contribution in [2.75, 3.05) is 31.1 Å². The van der Waals surface area contributed by atoms with Gasteiger partial charge in [-0.05, 0) is 68.0 Å². The zero-order valence-corrected chi connectivity index (χ0v) is 15.9. The van der Waals surface area contributed by atoms with Crippen molar-refractivity contribution in [2.45, 2.75) is 37.5 Å². The molecule has 2 aromatic rings. The standard InChI is InChI=1S/C19H24N4O2S/c1-15-6-9-19(21-20-15)22-10-12-23(13-11-22)26(24,25)18-8-7-16-4-2-3-5-17(16)14-18/h6-9,14H,2-5,10-13H2,1H3. The first-order valence-corrected chi connectivity index (χ1v) is 10.7. The van der Waals surface area contributed by atoms with Gasteiger partial charge in [0.1, 0.15) is 0 Å². The van der Waals surface area contributed by atoms with Crippen molar-refractivity contribution in [3.05, 3.63) is 47.2 Å². The van der Waals surface area contributed by atoms with Crippen LogP contribution in [0.5, 0.6) is 0 Å². The smallest absolute Gasteiger partial charge is 0.243 e. The Bertz CT molecular complexity index is 888. The molecule has 1 aliphatic carbocycles. The van der Waals surface area contributed by atoms with E-state index in [1.54, 1.807) is 10.4 Å². The van der Waals surface area contributed by atoms with Gasteiger partial charge in [-0.15, -0.1) is 5.10 Å². The molecule has 0 atom stereocenters. The fraction of sp³-hybridized carbons (Fsp3) is 0.474. The molecule has 2 heterocycles. The van der Waals surface area contributed by atoms with Gasteiger partial charge in [0.05, 0.1) is 10.6 Å². The van der Waals surface area contributed by atoms with Crippen LogP contribution in [0.4, 0.5) is 5.82 Å². The fourth-order valence-electron chi connectivity index (χ4n) is 3.74. The van der Waals surface area contributed by atoms with Gasteiger partial charge < -0.3 is 4.90 Å². The lowest BCUT2D eigenvalue weighted by atomic mass is 9.92. The van der Waals surface area contributed by atoms with Crippen LogP contribution in [0.1, 0.15) is 29.7 Å². The number of aryl methyl sites for hydroxylation is 3. The predicted octanol–water partition coefficient (Wildman–Crippen LogP) is 2.17. The summed E-state index contributed by atoms with van der Waals surface area (Å²) in [6.07, 6.45) is 4.39. The average Bonchev–Trinajstić information content (AvgIpc) is 2.68. The van der Waals surface area contributed by atoms with E-state index in [9.17, 15) is 8.42 Å². The van der Waals surface area contributed by atoms with E-state index in [0.717, 1.165) is 30.8 Å². The summed E-state index contributed by atoms with van der Waals surface area (Å²) in [7, 11) is -3.44. The van der Waals surface area contributed by atoms with Crippen LogP contribution < -0.4 is 4.90 Å². The van der Waals surface area contributed by atoms with E-state index in [2.05, 4.69) is 15.1 Å². The first kappa shape index (κ1) is 17.4. The molecule has 26 heavy (non-hydrogen) atoms. The number of aromatic nitrogens is 2. The molecule has 0 radical (unpaired) electrons. The molecule has 2 aliphatic rings. The number of sulfonamides is 1. The van der Waals surface area contributed by atoms with Crippen LogP contribution in [-0.4, -0.2) is 49.1 Å². The van der Waals surface area contributed by atoms with Crippen molar-refractivity contribution in [3.63, 3.8) is 0 Å². The molecule has 0 spiro atoms. The van der Waals surface area contributed by atoms with Gasteiger partial charge in [-0.1, -0.05) is 6.07 Å². The van der Waals surface area contributed by atoms with Gasteiger partial charge >= 0.3 is 0 Å². The quantitative estimate of drug-likeness (QED) is 0.826. The number of piperazine rings is 1. The van der Waals surface area contributed by atoms with Crippen molar-refractivity contribution in [1.82, 2.24) is 14.5 Å². The molecule has 7 heteroatoms. The minimum absolute atomic E-state index is 0.432. The highest BCUT2D eigenvalue weighted by Crippen LogP contribution is 2.26. The number of fused-ring (bicyclic) bond motifs is 1. The summed E-state index contributed by atoms with van der Waals surface area (Å²) in [5, 5.41) is 8.29. The number of hydrogen-bond donors (Lipinski definition) is 0. The Labute approximate surface area is 154 Å². The maximum absolute atomic E-state index is 13.0. The Balaban J connectivity index is 1.48. The number of hydrogen-bond acceptors (Lipinski definition) is 5. The maximum atomic E-state index is 13.0. The molecule has 0 saturated carbocycles. The van der Waals surface area contributed by atoms with E-state index < -0.39 is 10.0 Å². The van der Waals surface area contributed by atoms with E-state index in [1.165, 1.54) is 17.5 Å². The monoisotopic (exact) mass is 372 g/mol. The Morgan fingerprint density at radius 2 is 1.62 bits per heavy atom. The highest BCUT2D eigenvalue weighted by Gasteiger charge is 2.29. The van der Waals surface area contributed by atoms with E-state index >= 15 is 0 Å². The fourth-order valence-corrected chi connectivity index (χ4v) is 5.21. The minimum Gasteiger partial charge on any atom is -0.352 e. The molecule has 1 fully saturated rings. The average molecular weight is 372 g/mol. The van der Waals surface area contributed by atoms with Crippen molar-refractivity contribution in [1.29, 1.82) is 0 Å². The second-order valence-corrected chi connectivity index (χ2v) is 9.00. The molecule has 1 saturated heterocycles. The lowest BCUT2D eigenvalue weighted by Crippen LogP contribution is -2.49. The summed E-state index contributed by atoms with van der Waals surface area (Å²) >= 11 is 0. The second kappa shape index (κ2) is 6.96. The molecule has 6 nitrogen and oxygen atoms in total. The van der Waals surface area contributed by atoms with Crippen molar-refractivity contribution in [3.8, 4) is 0 Å². The highest BCUT2D eigenvalue weighted by molar-refractivity contribution is 7.89. The lowest BCUT2D eigenvalue weighted by Gasteiger charge is -2.34. The molecule has 4 rings (SSSR count). The second-order valence-electron chi connectivity index (χ2n) is 7.06. The van der Waals surface area contributed by atoms with Crippen molar-refractivity contribution in [2.24, 2.45) is 0 Å². The summed E-state index contributed by atoms with van der Waals surface area (Å²) in [5.41, 5.74) is 3.38. The summed E-state index contributed by atoms with van der Waals surface area (Å²) in [6.45, 7) is 4.09. The molecule has 0 N–H and O–H groups in total. The topological polar surface area (TPSA) is 66.4 Å². The third-order valence-corrected chi connectivity index (χ3v) is 7.20. The molecule has 0 bridgehead atoms. The molecular weight excluding hydrogens is 348 g/mol. The molecular formula is C19H24N4O2S. The van der Waals surface area contributed by atoms with E-state index in [0.29, 0.717) is 31.1 Å². The molecule has 1 aromatic heterocycles. The third-order valence-electron chi connectivity index (χ3n) is 5.30. The van der Waals surface area contributed by atoms with Crippen LogP contribution in [-0.2, 0) is 22.9 Å². The van der Waals surface area contributed by atoms with Crippen LogP contribution >= 0.6 is 0 Å². The zero-order valence-electron chi connectivity index (χ0n) is 15.1. The number of nitrogens with zero attached hydrogens (tertiary/aromatic N) is 4. The van der Waals surface area contributed by atoms with E-state index in [1.807, 2.05) is 31.2 Å². The van der Waals surface area contributed by atoms with Crippen molar-refractivity contribution < 1.29 is 8.42 Å². The van der Waals surface area contributed by atoms with E-state index in [4.69, 9.17) is 0 Å². The Hall–Kier alpha value is -1.99. The minimum atomic E-state index is -3.44. The Morgan fingerprint density at radius 1 is 0.885 bits per heavy atom. The van der Waals surface area contributed by atoms with Gasteiger partial charge in [-0.2, -0.15) is 9.40 Å². The van der Waals surface area contributed by atoms with Crippen LogP contribution in [0.15, 0.2) is 35.2 Å². The predicted molar refractivity (Wildman–Crippen MR) is 101 cm³/mol. The summed E-state index contributed by atoms with van der Waals surface area (Å²) in [6, 6.07) is 9.53. The van der Waals surface area contributed by atoms with Crippen LogP contribution in [0, 0.1) is 6.92 Å².